The Bertz CT molecular complexity index is 10200. The summed E-state index contributed by atoms with van der Waals surface area (Å²) in [6.45, 7) is 0. The predicted octanol–water partition coefficient (Wildman–Crippen LogP) is 29.7. The van der Waals surface area contributed by atoms with E-state index in [1.54, 1.807) is 12.4 Å². The standard InChI is InChI=1S/C41H22N4OS.C39H22N6S.C34H19N5S/c1-2-12-26-25(11-1)35-29-15-9-21-42-40(29)45(38(35)39-36(26)28-14-5-8-18-34(28)47-39)41-43-31-16-6-3-13-27(31)37(44-41)23-19-20-33-30(22-23)24-10-4-7-17-32(24)46-33;1-2-11-25-24(10-1)33-28-14-9-21-41-38(28)45(36(33)37-34(25)27-13-4-6-17-32(27)46-37)39-43-30-16-5-3-12-26(30)35(44-39)31-19-18-23(22-42-31)29-15-7-8-20-40-29;1-2-11-21-20(10-1)28-24-14-9-19-36-33(24)39(31(28)32-29(21)23-13-4-6-17-27(23)40-32)34-37-25-15-5-3-12-22(25)30(38-34)26-16-7-8-18-35-26/h1-22H;1-22H;1-19H. The van der Waals surface area contributed by atoms with Gasteiger partial charge in [-0.05, 0) is 166 Å². The summed E-state index contributed by atoms with van der Waals surface area (Å²) in [5, 5.41) is 26.7. The van der Waals surface area contributed by atoms with Crippen LogP contribution in [-0.4, -0.2) is 73.5 Å². The van der Waals surface area contributed by atoms with Crippen molar-refractivity contribution in [3.8, 4) is 63.1 Å². The second-order valence-electron chi connectivity index (χ2n) is 33.2. The Morgan fingerprint density at radius 1 is 0.211 bits per heavy atom. The van der Waals surface area contributed by atoms with Gasteiger partial charge in [-0.3, -0.25) is 28.7 Å². The molecule has 16 nitrogen and oxygen atoms in total. The number of benzene rings is 14. The first-order valence-corrected chi connectivity index (χ1v) is 46.3. The molecule has 0 atom stereocenters. The molecule has 618 valence electrons. The van der Waals surface area contributed by atoms with Crippen molar-refractivity contribution in [2.75, 3.05) is 0 Å². The predicted molar refractivity (Wildman–Crippen MR) is 549 cm³/mol. The van der Waals surface area contributed by atoms with E-state index in [1.807, 2.05) is 174 Å². The lowest BCUT2D eigenvalue weighted by molar-refractivity contribution is 0.669. The van der Waals surface area contributed by atoms with Crippen LogP contribution < -0.4 is 0 Å². The van der Waals surface area contributed by atoms with Gasteiger partial charge in [0, 0.05) is 154 Å². The summed E-state index contributed by atoms with van der Waals surface area (Å²) in [4.78, 5) is 60.4. The van der Waals surface area contributed by atoms with E-state index in [9.17, 15) is 0 Å². The molecule has 0 saturated carbocycles. The van der Waals surface area contributed by atoms with E-state index in [-0.39, 0.29) is 0 Å². The van der Waals surface area contributed by atoms with Crippen LogP contribution >= 0.6 is 34.0 Å². The van der Waals surface area contributed by atoms with Crippen molar-refractivity contribution in [1.82, 2.24) is 73.5 Å². The summed E-state index contributed by atoms with van der Waals surface area (Å²) in [7, 11) is 0. The molecule has 133 heavy (non-hydrogen) atoms. The molecule has 0 aliphatic heterocycles. The molecule has 16 heterocycles. The van der Waals surface area contributed by atoms with Gasteiger partial charge in [-0.2, -0.15) is 0 Å². The van der Waals surface area contributed by atoms with Gasteiger partial charge < -0.3 is 4.42 Å². The number of pyridine rings is 6. The van der Waals surface area contributed by atoms with Gasteiger partial charge in [-0.15, -0.1) is 34.0 Å². The normalized spacial score (nSPS) is 12.1. The molecule has 19 heteroatoms. The molecular weight excluding hydrogens is 1690 g/mol. The molecule has 30 aromatic rings. The zero-order chi connectivity index (χ0) is 87.0. The van der Waals surface area contributed by atoms with E-state index < -0.39 is 0 Å². The highest BCUT2D eigenvalue weighted by molar-refractivity contribution is 7.28. The lowest BCUT2D eigenvalue weighted by Crippen LogP contribution is -2.04. The maximum atomic E-state index is 6.17. The maximum absolute atomic E-state index is 6.17. The summed E-state index contributed by atoms with van der Waals surface area (Å²) in [5.41, 5.74) is 17.0. The highest BCUT2D eigenvalue weighted by atomic mass is 32.1. The van der Waals surface area contributed by atoms with Crippen molar-refractivity contribution < 1.29 is 4.42 Å². The molecule has 0 fully saturated rings. The van der Waals surface area contributed by atoms with Crippen molar-refractivity contribution in [3.05, 3.63) is 383 Å². The Morgan fingerprint density at radius 3 is 0.947 bits per heavy atom. The molecule has 30 rings (SSSR count). The molecule has 14 aromatic carbocycles. The number of nitrogens with zero attached hydrogens (tertiary/aromatic N) is 15. The number of fused-ring (bicyclic) bond motifs is 36. The second kappa shape index (κ2) is 29.6. The van der Waals surface area contributed by atoms with Gasteiger partial charge in [0.1, 0.15) is 39.5 Å². The molecule has 0 amide bonds. The number of aromatic nitrogens is 15. The average Bonchev–Trinajstić information content (AvgIpc) is 1.54. The number of para-hydroxylation sites is 4. The van der Waals surface area contributed by atoms with Gasteiger partial charge in [-0.25, -0.2) is 44.9 Å². The van der Waals surface area contributed by atoms with Gasteiger partial charge in [0.25, 0.3) is 0 Å². The Hall–Kier alpha value is -17.4. The summed E-state index contributed by atoms with van der Waals surface area (Å²) < 4.78 is 20.1. The fourth-order valence-corrected chi connectivity index (χ4v) is 24.1. The van der Waals surface area contributed by atoms with Crippen LogP contribution in [0.3, 0.4) is 0 Å². The Kier molecular flexibility index (Phi) is 16.6. The minimum atomic E-state index is 0.567. The maximum Gasteiger partial charge on any atom is 0.237 e. The zero-order valence-electron chi connectivity index (χ0n) is 70.2. The molecule has 0 bridgehead atoms. The van der Waals surface area contributed by atoms with Crippen LogP contribution in [0.5, 0.6) is 0 Å². The molecule has 0 saturated heterocycles. The number of furan rings is 1. The highest BCUT2D eigenvalue weighted by Gasteiger charge is 2.30. The number of thiophene rings is 3. The molecule has 16 aromatic heterocycles. The van der Waals surface area contributed by atoms with E-state index in [1.165, 1.54) is 104 Å². The van der Waals surface area contributed by atoms with Gasteiger partial charge in [0.2, 0.25) is 17.8 Å². The number of hydrogen-bond acceptors (Lipinski definition) is 16. The van der Waals surface area contributed by atoms with E-state index in [2.05, 4.69) is 254 Å². The van der Waals surface area contributed by atoms with E-state index in [4.69, 9.17) is 54.3 Å². The van der Waals surface area contributed by atoms with Crippen LogP contribution in [0.25, 0.3) is 276 Å². The molecule has 0 unspecified atom stereocenters. The second-order valence-corrected chi connectivity index (χ2v) is 36.3. The van der Waals surface area contributed by atoms with Crippen LogP contribution in [0.15, 0.2) is 387 Å². The van der Waals surface area contributed by atoms with Crippen LogP contribution in [0.4, 0.5) is 0 Å². The van der Waals surface area contributed by atoms with E-state index in [0.717, 1.165) is 155 Å². The third kappa shape index (κ3) is 11.4. The lowest BCUT2D eigenvalue weighted by atomic mass is 9.99. The van der Waals surface area contributed by atoms with Crippen LogP contribution in [-0.2, 0) is 0 Å². The van der Waals surface area contributed by atoms with Crippen molar-refractivity contribution in [2.24, 2.45) is 0 Å². The van der Waals surface area contributed by atoms with Crippen molar-refractivity contribution in [3.63, 3.8) is 0 Å². The van der Waals surface area contributed by atoms with Crippen molar-refractivity contribution in [1.29, 1.82) is 0 Å². The Morgan fingerprint density at radius 2 is 0.534 bits per heavy atom. The van der Waals surface area contributed by atoms with Crippen molar-refractivity contribution >= 4 is 247 Å². The highest BCUT2D eigenvalue weighted by Crippen LogP contribution is 2.53. The third-order valence-electron chi connectivity index (χ3n) is 25.9. The van der Waals surface area contributed by atoms with E-state index in [0.29, 0.717) is 17.8 Å². The third-order valence-corrected chi connectivity index (χ3v) is 29.4. The number of hydrogen-bond donors (Lipinski definition) is 0. The fourth-order valence-electron chi connectivity index (χ4n) is 20.3. The molecular formula is C114H63N15OS3. The Labute approximate surface area is 765 Å². The molecule has 0 aliphatic rings. The van der Waals surface area contributed by atoms with Crippen molar-refractivity contribution in [2.45, 2.75) is 0 Å². The smallest absolute Gasteiger partial charge is 0.237 e. The molecule has 0 aliphatic carbocycles. The van der Waals surface area contributed by atoms with Crippen LogP contribution in [0.2, 0.25) is 0 Å². The van der Waals surface area contributed by atoms with Crippen LogP contribution in [0, 0.1) is 0 Å². The zero-order valence-corrected chi connectivity index (χ0v) is 72.7. The van der Waals surface area contributed by atoms with Gasteiger partial charge >= 0.3 is 0 Å². The first-order valence-electron chi connectivity index (χ1n) is 43.9. The monoisotopic (exact) mass is 1750 g/mol. The largest absolute Gasteiger partial charge is 0.456 e. The van der Waals surface area contributed by atoms with E-state index >= 15 is 0 Å². The minimum absolute atomic E-state index is 0.567. The first-order chi connectivity index (χ1) is 66.0. The molecule has 0 spiro atoms. The Balaban J connectivity index is 0.0000000999. The fraction of sp³-hybridized carbons (Fsp3) is 0. The average molecular weight is 1760 g/mol. The van der Waals surface area contributed by atoms with Gasteiger partial charge in [0.05, 0.1) is 70.0 Å². The minimum Gasteiger partial charge on any atom is -0.456 e. The van der Waals surface area contributed by atoms with Crippen LogP contribution in [0.1, 0.15) is 0 Å². The summed E-state index contributed by atoms with van der Waals surface area (Å²) in [6.07, 6.45) is 11.0. The number of rotatable bonds is 7. The van der Waals surface area contributed by atoms with Gasteiger partial charge in [-0.1, -0.05) is 212 Å². The first kappa shape index (κ1) is 74.7. The quantitative estimate of drug-likeness (QED) is 0.147. The summed E-state index contributed by atoms with van der Waals surface area (Å²) in [5.74, 6) is 1.76. The summed E-state index contributed by atoms with van der Waals surface area (Å²) >= 11 is 5.45. The summed E-state index contributed by atoms with van der Waals surface area (Å²) in [6, 6.07) is 120. The molecule has 0 radical (unpaired) electrons. The topological polar surface area (TPSA) is 183 Å². The lowest BCUT2D eigenvalue weighted by Gasteiger charge is -2.12. The molecule has 0 N–H and O–H groups in total. The van der Waals surface area contributed by atoms with Gasteiger partial charge in [0.15, 0.2) is 0 Å². The SMILES string of the molecule is c1ccc(-c2ccc(-c3nc(-n4c5ncccc5c5c6ccccc6c6c7ccccc7sc6c54)nc4ccccc34)nc2)nc1.c1ccc(-c2nc(-n3c4ncccc4c4c5ccccc5c5c6ccccc6sc5c43)nc3ccccc23)nc1.c1ccc2c(-c3ccc4oc5ccccc5c4c3)nc(-n3c4ncccc4c4c5ccccc5c5c6ccccc6sc5c43)nc2c1.